The lowest BCUT2D eigenvalue weighted by molar-refractivity contribution is -0.274. The van der Waals surface area contributed by atoms with Gasteiger partial charge in [0.25, 0.3) is 0 Å². The normalized spacial score (nSPS) is 22.1. The first kappa shape index (κ1) is 16.1. The zero-order valence-electron chi connectivity index (χ0n) is 10.6. The second-order valence-electron chi connectivity index (χ2n) is 4.53. The number of rotatable bonds is 3. The van der Waals surface area contributed by atoms with Crippen molar-refractivity contribution in [3.8, 4) is 5.75 Å². The van der Waals surface area contributed by atoms with Gasteiger partial charge in [0.05, 0.1) is 16.6 Å². The number of anilines is 1. The fourth-order valence-electron chi connectivity index (χ4n) is 1.93. The zero-order valence-corrected chi connectivity index (χ0v) is 12.2. The molecule has 0 saturated carbocycles. The zero-order chi connectivity index (χ0) is 15.6. The van der Waals surface area contributed by atoms with E-state index in [0.717, 1.165) is 6.07 Å². The molecule has 1 heterocycles. The van der Waals surface area contributed by atoms with E-state index in [1.165, 1.54) is 12.1 Å². The van der Waals surface area contributed by atoms with Gasteiger partial charge in [0.2, 0.25) is 5.91 Å². The monoisotopic (exact) mass is 368 g/mol. The van der Waals surface area contributed by atoms with Crippen LogP contribution < -0.4 is 15.4 Å². The van der Waals surface area contributed by atoms with Crippen LogP contribution in [0.25, 0.3) is 0 Å². The number of nitrogens with one attached hydrogen (secondary N) is 2. The third-order valence-electron chi connectivity index (χ3n) is 2.85. The molecule has 1 aromatic carbocycles. The van der Waals surface area contributed by atoms with Crippen molar-refractivity contribution in [2.24, 2.45) is 0 Å². The number of amides is 1. The van der Waals surface area contributed by atoms with Crippen LogP contribution in [-0.2, 0) is 4.79 Å². The topological polar surface area (TPSA) is 70.6 Å². The van der Waals surface area contributed by atoms with E-state index in [0.29, 0.717) is 18.7 Å². The largest absolute Gasteiger partial charge is 0.573 e. The summed E-state index contributed by atoms with van der Waals surface area (Å²) in [5.74, 6) is -0.752. The van der Waals surface area contributed by atoms with Crippen molar-refractivity contribution in [2.45, 2.75) is 24.9 Å². The van der Waals surface area contributed by atoms with Gasteiger partial charge in [0.1, 0.15) is 5.75 Å². The Morgan fingerprint density at radius 3 is 2.71 bits per heavy atom. The lowest BCUT2D eigenvalue weighted by atomic mass is 10.2. The average Bonchev–Trinajstić information content (AvgIpc) is 2.78. The van der Waals surface area contributed by atoms with Crippen molar-refractivity contribution in [1.29, 1.82) is 0 Å². The number of hydrogen-bond donors (Lipinski definition) is 3. The fourth-order valence-corrected chi connectivity index (χ4v) is 2.39. The first-order chi connectivity index (χ1) is 9.74. The van der Waals surface area contributed by atoms with Crippen LogP contribution in [0.4, 0.5) is 18.9 Å². The van der Waals surface area contributed by atoms with Gasteiger partial charge in [0.15, 0.2) is 0 Å². The Hall–Kier alpha value is -1.32. The summed E-state index contributed by atoms with van der Waals surface area (Å²) in [5, 5.41) is 14.7. The van der Waals surface area contributed by atoms with Gasteiger partial charge in [-0.15, -0.1) is 13.2 Å². The molecule has 9 heteroatoms. The number of ether oxygens (including phenoxy) is 1. The smallest absolute Gasteiger partial charge is 0.405 e. The summed E-state index contributed by atoms with van der Waals surface area (Å²) in [5.41, 5.74) is 0.324. The highest BCUT2D eigenvalue weighted by atomic mass is 79.9. The fraction of sp³-hybridized carbons (Fsp3) is 0.417. The standard InChI is InChI=1S/C12H12BrF3N2O3/c13-8-3-6(1-2-10(8)21-12(14,15)16)18-11(20)9-4-7(19)5-17-9/h1-3,7,9,17,19H,4-5H2,(H,18,20). The summed E-state index contributed by atoms with van der Waals surface area (Å²) >= 11 is 2.95. The lowest BCUT2D eigenvalue weighted by Gasteiger charge is -2.14. The van der Waals surface area contributed by atoms with E-state index in [9.17, 15) is 23.1 Å². The van der Waals surface area contributed by atoms with Crippen molar-refractivity contribution < 1.29 is 27.8 Å². The molecule has 1 amide bonds. The minimum atomic E-state index is -4.78. The van der Waals surface area contributed by atoms with Crippen molar-refractivity contribution in [1.82, 2.24) is 5.32 Å². The molecule has 2 rings (SSSR count). The quantitative estimate of drug-likeness (QED) is 0.763. The molecule has 1 aliphatic heterocycles. The molecule has 2 unspecified atom stereocenters. The summed E-state index contributed by atoms with van der Waals surface area (Å²) in [4.78, 5) is 11.9. The van der Waals surface area contributed by atoms with Gasteiger partial charge >= 0.3 is 6.36 Å². The maximum Gasteiger partial charge on any atom is 0.573 e. The minimum Gasteiger partial charge on any atom is -0.405 e. The van der Waals surface area contributed by atoms with E-state index in [1.807, 2.05) is 0 Å². The van der Waals surface area contributed by atoms with Crippen LogP contribution in [0.2, 0.25) is 0 Å². The van der Waals surface area contributed by atoms with Gasteiger partial charge < -0.3 is 20.5 Å². The van der Waals surface area contributed by atoms with E-state index in [2.05, 4.69) is 31.3 Å². The number of aliphatic hydroxyl groups excluding tert-OH is 1. The van der Waals surface area contributed by atoms with Crippen LogP contribution in [0.15, 0.2) is 22.7 Å². The highest BCUT2D eigenvalue weighted by Gasteiger charge is 2.32. The Morgan fingerprint density at radius 1 is 1.48 bits per heavy atom. The van der Waals surface area contributed by atoms with E-state index in [4.69, 9.17) is 0 Å². The number of carbonyl (C=O) groups excluding carboxylic acids is 1. The minimum absolute atomic E-state index is 0.0667. The van der Waals surface area contributed by atoms with Crippen molar-refractivity contribution in [2.75, 3.05) is 11.9 Å². The third kappa shape index (κ3) is 4.58. The van der Waals surface area contributed by atoms with Crippen LogP contribution in [0, 0.1) is 0 Å². The van der Waals surface area contributed by atoms with Gasteiger partial charge in [-0.3, -0.25) is 4.79 Å². The Kier molecular flexibility index (Phi) is 4.74. The summed E-state index contributed by atoms with van der Waals surface area (Å²) in [6.45, 7) is 0.333. The summed E-state index contributed by atoms with van der Waals surface area (Å²) in [6, 6.07) is 3.19. The maximum absolute atomic E-state index is 12.1. The van der Waals surface area contributed by atoms with Gasteiger partial charge in [0, 0.05) is 12.2 Å². The predicted molar refractivity (Wildman–Crippen MR) is 71.9 cm³/mol. The Labute approximate surface area is 126 Å². The average molecular weight is 369 g/mol. The van der Waals surface area contributed by atoms with Gasteiger partial charge in [-0.1, -0.05) is 0 Å². The van der Waals surface area contributed by atoms with Crippen molar-refractivity contribution in [3.05, 3.63) is 22.7 Å². The molecule has 0 spiro atoms. The van der Waals surface area contributed by atoms with Gasteiger partial charge in [-0.25, -0.2) is 0 Å². The van der Waals surface area contributed by atoms with E-state index < -0.39 is 24.3 Å². The Balaban J connectivity index is 2.01. The van der Waals surface area contributed by atoms with Crippen LogP contribution >= 0.6 is 15.9 Å². The number of halogens is 4. The first-order valence-electron chi connectivity index (χ1n) is 6.02. The molecular formula is C12H12BrF3N2O3. The molecule has 0 aliphatic carbocycles. The molecule has 0 radical (unpaired) electrons. The molecule has 116 valence electrons. The number of alkyl halides is 3. The van der Waals surface area contributed by atoms with Crippen LogP contribution in [0.5, 0.6) is 5.75 Å². The Bertz CT molecular complexity index is 539. The molecule has 1 saturated heterocycles. The highest BCUT2D eigenvalue weighted by Crippen LogP contribution is 2.32. The molecule has 1 aliphatic rings. The SMILES string of the molecule is O=C(Nc1ccc(OC(F)(F)F)c(Br)c1)C1CC(O)CN1. The summed E-state index contributed by atoms with van der Waals surface area (Å²) in [6.07, 6.45) is -5.06. The summed E-state index contributed by atoms with van der Waals surface area (Å²) < 4.78 is 40.3. The second kappa shape index (κ2) is 6.20. The molecule has 0 bridgehead atoms. The van der Waals surface area contributed by atoms with E-state index in [-0.39, 0.29) is 10.4 Å². The Morgan fingerprint density at radius 2 is 2.19 bits per heavy atom. The molecule has 2 atom stereocenters. The first-order valence-corrected chi connectivity index (χ1v) is 6.81. The van der Waals surface area contributed by atoms with Gasteiger partial charge in [-0.2, -0.15) is 0 Å². The number of aliphatic hydroxyl groups is 1. The number of benzene rings is 1. The number of β-amino-alcohol motifs (C(OH)–C–C–N with tert-alkyl or cyclic N) is 1. The van der Waals surface area contributed by atoms with Crippen LogP contribution in [-0.4, -0.2) is 36.1 Å². The number of hydrogen-bond acceptors (Lipinski definition) is 4. The molecule has 0 aromatic heterocycles. The molecule has 1 aromatic rings. The maximum atomic E-state index is 12.1. The van der Waals surface area contributed by atoms with Crippen molar-refractivity contribution >= 4 is 27.5 Å². The predicted octanol–water partition coefficient (Wildman–Crippen LogP) is 2.01. The third-order valence-corrected chi connectivity index (χ3v) is 3.47. The number of carbonyl (C=O) groups is 1. The van der Waals surface area contributed by atoms with Crippen LogP contribution in [0.3, 0.4) is 0 Å². The van der Waals surface area contributed by atoms with E-state index in [1.54, 1.807) is 0 Å². The molecule has 5 nitrogen and oxygen atoms in total. The van der Waals surface area contributed by atoms with Crippen LogP contribution in [0.1, 0.15) is 6.42 Å². The highest BCUT2D eigenvalue weighted by molar-refractivity contribution is 9.10. The van der Waals surface area contributed by atoms with E-state index >= 15 is 0 Å². The second-order valence-corrected chi connectivity index (χ2v) is 5.39. The molecule has 21 heavy (non-hydrogen) atoms. The molecule has 1 fully saturated rings. The van der Waals surface area contributed by atoms with Crippen molar-refractivity contribution in [3.63, 3.8) is 0 Å². The summed E-state index contributed by atoms with van der Waals surface area (Å²) in [7, 11) is 0. The van der Waals surface area contributed by atoms with Gasteiger partial charge in [-0.05, 0) is 40.5 Å². The lowest BCUT2D eigenvalue weighted by Crippen LogP contribution is -2.35. The molecular weight excluding hydrogens is 357 g/mol. The molecule has 3 N–H and O–H groups in total.